The molecule has 2 aliphatic heterocycles. The number of alkyl halides is 2. The maximum Gasteiger partial charge on any atom is 0.338 e. The van der Waals surface area contributed by atoms with Crippen molar-refractivity contribution >= 4 is 34.7 Å². The number of hydrogen-bond acceptors (Lipinski definition) is 7. The summed E-state index contributed by atoms with van der Waals surface area (Å²) in [5.74, 6) is -3.57. The maximum absolute atomic E-state index is 13.6. The molecule has 31 heavy (non-hydrogen) atoms. The Labute approximate surface area is 185 Å². The van der Waals surface area contributed by atoms with E-state index >= 15 is 0 Å². The number of thiazole rings is 1. The number of aromatic nitrogens is 1. The summed E-state index contributed by atoms with van der Waals surface area (Å²) in [6, 6.07) is 2.89. The largest absolute Gasteiger partial charge is 0.463 e. The van der Waals surface area contributed by atoms with Crippen LogP contribution in [0.1, 0.15) is 23.5 Å². The lowest BCUT2D eigenvalue weighted by atomic mass is 9.94. The lowest BCUT2D eigenvalue weighted by Gasteiger charge is -2.40. The minimum Gasteiger partial charge on any atom is -0.463 e. The summed E-state index contributed by atoms with van der Waals surface area (Å²) < 4.78 is 45.7. The van der Waals surface area contributed by atoms with Gasteiger partial charge in [0.2, 0.25) is 0 Å². The van der Waals surface area contributed by atoms with Crippen molar-refractivity contribution in [3.63, 3.8) is 0 Å². The molecule has 0 radical (unpaired) electrons. The Bertz CT molecular complexity index is 1050. The van der Waals surface area contributed by atoms with Crippen LogP contribution in [0, 0.1) is 5.82 Å². The molecule has 164 valence electrons. The van der Waals surface area contributed by atoms with E-state index in [0.717, 1.165) is 6.07 Å². The number of amidine groups is 1. The van der Waals surface area contributed by atoms with Gasteiger partial charge in [0.05, 0.1) is 25.3 Å². The third-order valence-corrected chi connectivity index (χ3v) is 5.91. The maximum atomic E-state index is 13.6. The highest BCUT2D eigenvalue weighted by atomic mass is 35.5. The standard InChI is InChI=1S/C20H18ClF3N4O2S/c1-2-30-19(29)15-14(8-28-9-20(23,24)10-28)26-17(18-25-5-6-31-18)27-16(15)12-4-3-11(22)7-13(12)21/h3-7,16H,2,8-10H2,1H3,(H,26,27). The first-order valence-corrected chi connectivity index (χ1v) is 10.7. The number of rotatable bonds is 6. The van der Waals surface area contributed by atoms with Crippen LogP contribution in [0.25, 0.3) is 0 Å². The molecule has 1 aromatic carbocycles. The van der Waals surface area contributed by atoms with Crippen molar-refractivity contribution in [1.29, 1.82) is 0 Å². The van der Waals surface area contributed by atoms with Crippen molar-refractivity contribution in [1.82, 2.24) is 15.2 Å². The Morgan fingerprint density at radius 1 is 1.42 bits per heavy atom. The second kappa shape index (κ2) is 8.60. The molecule has 0 saturated carbocycles. The van der Waals surface area contributed by atoms with E-state index in [1.165, 1.54) is 28.4 Å². The quantitative estimate of drug-likeness (QED) is 0.651. The molecule has 1 fully saturated rings. The van der Waals surface area contributed by atoms with Gasteiger partial charge >= 0.3 is 5.97 Å². The Balaban J connectivity index is 1.80. The molecular formula is C20H18ClF3N4O2S. The molecule has 2 aromatic rings. The smallest absolute Gasteiger partial charge is 0.338 e. The Morgan fingerprint density at radius 3 is 2.81 bits per heavy atom. The number of nitrogens with zero attached hydrogens (tertiary/aromatic N) is 3. The minimum atomic E-state index is -2.76. The zero-order valence-electron chi connectivity index (χ0n) is 16.4. The molecule has 1 N–H and O–H groups in total. The number of carbonyl (C=O) groups excluding carboxylic acids is 1. The zero-order valence-corrected chi connectivity index (χ0v) is 17.9. The number of esters is 1. The van der Waals surface area contributed by atoms with Crippen LogP contribution in [0.2, 0.25) is 5.02 Å². The number of hydrogen-bond donors (Lipinski definition) is 1. The summed E-state index contributed by atoms with van der Waals surface area (Å²) >= 11 is 7.61. The molecule has 3 heterocycles. The zero-order chi connectivity index (χ0) is 22.2. The van der Waals surface area contributed by atoms with Gasteiger partial charge in [-0.05, 0) is 19.1 Å². The highest BCUT2D eigenvalue weighted by Gasteiger charge is 2.45. The molecule has 1 atom stereocenters. The van der Waals surface area contributed by atoms with Gasteiger partial charge in [0.15, 0.2) is 10.8 Å². The second-order valence-corrected chi connectivity index (χ2v) is 8.42. The van der Waals surface area contributed by atoms with E-state index in [9.17, 15) is 18.0 Å². The lowest BCUT2D eigenvalue weighted by molar-refractivity contribution is -0.139. The highest BCUT2D eigenvalue weighted by Crippen LogP contribution is 2.37. The number of aliphatic imine (C=N–C) groups is 1. The van der Waals surface area contributed by atoms with Crippen molar-refractivity contribution in [2.45, 2.75) is 18.9 Å². The third kappa shape index (κ3) is 4.60. The van der Waals surface area contributed by atoms with Gasteiger partial charge < -0.3 is 10.1 Å². The van der Waals surface area contributed by atoms with Gasteiger partial charge in [-0.25, -0.2) is 22.9 Å². The van der Waals surface area contributed by atoms with Crippen LogP contribution in [-0.2, 0) is 9.53 Å². The number of likely N-dealkylation sites (tertiary alicyclic amines) is 1. The van der Waals surface area contributed by atoms with Gasteiger partial charge in [-0.1, -0.05) is 17.7 Å². The van der Waals surface area contributed by atoms with Crippen LogP contribution in [0.15, 0.2) is 46.0 Å². The topological polar surface area (TPSA) is 66.8 Å². The summed E-state index contributed by atoms with van der Waals surface area (Å²) in [6.07, 6.45) is 1.60. The van der Waals surface area contributed by atoms with Gasteiger partial charge in [-0.15, -0.1) is 11.3 Å². The molecule has 1 unspecified atom stereocenters. The molecule has 4 rings (SSSR count). The predicted molar refractivity (Wildman–Crippen MR) is 111 cm³/mol. The number of halogens is 4. The average molecular weight is 471 g/mol. The molecule has 11 heteroatoms. The first-order chi connectivity index (χ1) is 14.8. The summed E-state index contributed by atoms with van der Waals surface area (Å²) in [6.45, 7) is 1.00. The molecular weight excluding hydrogens is 453 g/mol. The normalized spacial score (nSPS) is 20.7. The van der Waals surface area contributed by atoms with Crippen LogP contribution in [0.4, 0.5) is 13.2 Å². The first-order valence-electron chi connectivity index (χ1n) is 9.47. The van der Waals surface area contributed by atoms with Crippen molar-refractivity contribution in [2.24, 2.45) is 4.99 Å². The van der Waals surface area contributed by atoms with Crippen molar-refractivity contribution < 1.29 is 22.7 Å². The van der Waals surface area contributed by atoms with Crippen LogP contribution in [0.5, 0.6) is 0 Å². The van der Waals surface area contributed by atoms with Crippen molar-refractivity contribution in [2.75, 3.05) is 26.2 Å². The van der Waals surface area contributed by atoms with Crippen LogP contribution in [-0.4, -0.2) is 53.9 Å². The third-order valence-electron chi connectivity index (χ3n) is 4.80. The van der Waals surface area contributed by atoms with E-state index in [2.05, 4.69) is 15.3 Å². The summed E-state index contributed by atoms with van der Waals surface area (Å²) in [7, 11) is 0. The van der Waals surface area contributed by atoms with Crippen molar-refractivity contribution in [3.8, 4) is 0 Å². The Hall–Kier alpha value is -2.43. The van der Waals surface area contributed by atoms with Gasteiger partial charge in [0.1, 0.15) is 11.9 Å². The van der Waals surface area contributed by atoms with E-state index < -0.39 is 36.8 Å². The monoisotopic (exact) mass is 470 g/mol. The van der Waals surface area contributed by atoms with E-state index in [1.54, 1.807) is 18.5 Å². The molecule has 1 saturated heterocycles. The van der Waals surface area contributed by atoms with Crippen LogP contribution in [0.3, 0.4) is 0 Å². The van der Waals surface area contributed by atoms with Crippen molar-refractivity contribution in [3.05, 3.63) is 62.5 Å². The van der Waals surface area contributed by atoms with Crippen LogP contribution >= 0.6 is 22.9 Å². The second-order valence-electron chi connectivity index (χ2n) is 7.12. The average Bonchev–Trinajstić information content (AvgIpc) is 3.21. The molecule has 1 aromatic heterocycles. The molecule has 2 aliphatic rings. The first kappa shape index (κ1) is 21.8. The molecule has 0 spiro atoms. The Kier molecular flexibility index (Phi) is 6.05. The number of benzene rings is 1. The minimum absolute atomic E-state index is 0.0590. The fourth-order valence-corrected chi connectivity index (χ4v) is 4.37. The number of carbonyl (C=O) groups is 1. The number of nitrogens with one attached hydrogen (secondary N) is 1. The summed E-state index contributed by atoms with van der Waals surface area (Å²) in [5.41, 5.74) is 0.915. The van der Waals surface area contributed by atoms with E-state index in [0.29, 0.717) is 22.1 Å². The molecule has 0 bridgehead atoms. The van der Waals surface area contributed by atoms with E-state index in [4.69, 9.17) is 16.3 Å². The van der Waals surface area contributed by atoms with Gasteiger partial charge in [-0.2, -0.15) is 0 Å². The Morgan fingerprint density at radius 2 is 2.19 bits per heavy atom. The van der Waals surface area contributed by atoms with Crippen LogP contribution < -0.4 is 5.32 Å². The molecule has 0 aliphatic carbocycles. The predicted octanol–water partition coefficient (Wildman–Crippen LogP) is 3.79. The van der Waals surface area contributed by atoms with Gasteiger partial charge in [0, 0.05) is 34.4 Å². The van der Waals surface area contributed by atoms with E-state index in [-0.39, 0.29) is 23.7 Å². The SMILES string of the molecule is CCOC(=O)C1=C(CN2CC(F)(F)C2)NC(c2nccs2)=NC1c1ccc(F)cc1Cl. The fourth-order valence-electron chi connectivity index (χ4n) is 3.51. The van der Waals surface area contributed by atoms with Gasteiger partial charge in [0.25, 0.3) is 5.92 Å². The summed E-state index contributed by atoms with van der Waals surface area (Å²) in [4.78, 5) is 23.3. The number of ether oxygens (including phenoxy) is 1. The fraction of sp³-hybridized carbons (Fsp3) is 0.350. The van der Waals surface area contributed by atoms with E-state index in [1.807, 2.05) is 0 Å². The van der Waals surface area contributed by atoms with Gasteiger partial charge in [-0.3, -0.25) is 9.89 Å². The lowest BCUT2D eigenvalue weighted by Crippen LogP contribution is -2.57. The molecule has 6 nitrogen and oxygen atoms in total. The molecule has 0 amide bonds. The summed E-state index contributed by atoms with van der Waals surface area (Å²) in [5, 5.41) is 5.48. The highest BCUT2D eigenvalue weighted by molar-refractivity contribution is 7.11.